The number of hydrogen-bond donors (Lipinski definition) is 0. The van der Waals surface area contributed by atoms with Crippen molar-refractivity contribution in [2.45, 2.75) is 0 Å². The Labute approximate surface area is 141 Å². The summed E-state index contributed by atoms with van der Waals surface area (Å²) in [6.45, 7) is 0. The number of hydrogen-bond acceptors (Lipinski definition) is 0. The van der Waals surface area contributed by atoms with E-state index in [1.807, 2.05) is 0 Å². The first-order chi connectivity index (χ1) is 10.1. The van der Waals surface area contributed by atoms with Gasteiger partial charge >= 0.3 is 27.3 Å². The molecule has 0 bridgehead atoms. The van der Waals surface area contributed by atoms with E-state index in [9.17, 15) is 43.9 Å². The molecular weight excluding hydrogens is 447 g/mol. The Morgan fingerprint density at radius 2 is 0.522 bits per heavy atom. The van der Waals surface area contributed by atoms with Crippen LogP contribution in [0.15, 0.2) is 0 Å². The van der Waals surface area contributed by atoms with Crippen LogP contribution in [0.5, 0.6) is 0 Å². The van der Waals surface area contributed by atoms with Crippen LogP contribution in [-0.2, 0) is 27.3 Å². The van der Waals surface area contributed by atoms with Crippen LogP contribution in [0.4, 0.5) is 43.9 Å². The maximum Gasteiger partial charge on any atom is 2.00 e. The zero-order valence-electron chi connectivity index (χ0n) is 10.5. The van der Waals surface area contributed by atoms with Gasteiger partial charge in [-0.05, 0) is 0 Å². The van der Waals surface area contributed by atoms with Crippen LogP contribution in [-0.4, -0.2) is 0 Å². The molecule has 0 nitrogen and oxygen atoms in total. The second-order valence-corrected chi connectivity index (χ2v) is 3.39. The monoisotopic (exact) mass is 448 g/mol. The maximum atomic E-state index is 12.0. The number of halogens is 10. The minimum absolute atomic E-state index is 0. The second-order valence-electron chi connectivity index (χ2n) is 3.39. The third-order valence-corrected chi connectivity index (χ3v) is 1.98. The van der Waals surface area contributed by atoms with E-state index in [1.165, 1.54) is 0 Å². The largest absolute Gasteiger partial charge is 2.00 e. The summed E-state index contributed by atoms with van der Waals surface area (Å²) < 4.78 is 120. The zero-order valence-corrected chi connectivity index (χ0v) is 14.5. The van der Waals surface area contributed by atoms with Gasteiger partial charge in [0.15, 0.2) is 0 Å². The van der Waals surface area contributed by atoms with Gasteiger partial charge in [-0.2, -0.15) is 0 Å². The minimum Gasteiger partial charge on any atom is -0.278 e. The van der Waals surface area contributed by atoms with Crippen molar-refractivity contribution in [1.29, 1.82) is 0 Å². The summed E-state index contributed by atoms with van der Waals surface area (Å²) in [5.74, 6) is -20.1. The van der Waals surface area contributed by atoms with Gasteiger partial charge in [-0.25, -0.2) is 26.3 Å². The number of benzene rings is 2. The van der Waals surface area contributed by atoms with E-state index in [0.29, 0.717) is 0 Å². The van der Waals surface area contributed by atoms with E-state index in [1.54, 1.807) is 0 Å². The second kappa shape index (κ2) is 8.50. The Balaban J connectivity index is 0.000000403. The Morgan fingerprint density at radius 1 is 0.348 bits per heavy atom. The summed E-state index contributed by atoms with van der Waals surface area (Å²) in [6, 6.07) is 2.05. The first kappa shape index (κ1) is 21.7. The van der Waals surface area contributed by atoms with E-state index in [-0.39, 0.29) is 27.3 Å². The topological polar surface area (TPSA) is 0 Å². The molecule has 0 fully saturated rings. The summed E-state index contributed by atoms with van der Waals surface area (Å²) in [4.78, 5) is 0. The summed E-state index contributed by atoms with van der Waals surface area (Å²) in [5, 5.41) is 0. The van der Waals surface area contributed by atoms with Gasteiger partial charge in [-0.3, -0.25) is 17.6 Å². The predicted octanol–water partition coefficient (Wildman–Crippen LogP) is 4.36. The van der Waals surface area contributed by atoms with Crippen molar-refractivity contribution in [3.05, 3.63) is 70.3 Å². The third-order valence-electron chi connectivity index (χ3n) is 1.98. The first-order valence-corrected chi connectivity index (χ1v) is 4.89. The predicted molar refractivity (Wildman–Crippen MR) is 50.1 cm³/mol. The smallest absolute Gasteiger partial charge is 0.278 e. The van der Waals surface area contributed by atoms with Crippen molar-refractivity contribution in [1.82, 2.24) is 0 Å². The van der Waals surface area contributed by atoms with Gasteiger partial charge < -0.3 is 0 Å². The van der Waals surface area contributed by atoms with E-state index in [2.05, 4.69) is 0 Å². The summed E-state index contributed by atoms with van der Waals surface area (Å²) >= 11 is 0. The molecule has 2 rings (SSSR count). The summed E-state index contributed by atoms with van der Waals surface area (Å²) in [7, 11) is 0. The quantitative estimate of drug-likeness (QED) is 0.185. The van der Waals surface area contributed by atoms with Crippen LogP contribution in [0, 0.1) is 70.3 Å². The number of rotatable bonds is 0. The molecule has 0 radical (unpaired) electrons. The van der Waals surface area contributed by atoms with E-state index in [4.69, 9.17) is 0 Å². The molecule has 0 aliphatic rings. The molecule has 2 aromatic rings. The SMILES string of the molecule is Fc1[c-]c(F)c(F)c(F)c1F.Fc1[c-]c(F)c(F)c(F)c1F.[Cd+2]. The minimum atomic E-state index is -2.17. The van der Waals surface area contributed by atoms with Crippen LogP contribution < -0.4 is 0 Å². The van der Waals surface area contributed by atoms with Gasteiger partial charge in [0, 0.05) is 0 Å². The molecule has 2 aromatic carbocycles. The molecule has 0 amide bonds. The summed E-state index contributed by atoms with van der Waals surface area (Å²) in [6.07, 6.45) is 0. The third kappa shape index (κ3) is 4.81. The zero-order chi connectivity index (χ0) is 17.2. The molecule has 11 heteroatoms. The first-order valence-electron chi connectivity index (χ1n) is 4.89. The van der Waals surface area contributed by atoms with E-state index >= 15 is 0 Å². The van der Waals surface area contributed by atoms with Gasteiger partial charge in [0.2, 0.25) is 0 Å². The van der Waals surface area contributed by atoms with E-state index in [0.717, 1.165) is 12.1 Å². The Morgan fingerprint density at radius 3 is 0.696 bits per heavy atom. The Hall–Kier alpha value is -1.34. The molecule has 0 aromatic heterocycles. The molecule has 0 saturated heterocycles. The molecule has 0 heterocycles. The Kier molecular flexibility index (Phi) is 8.00. The van der Waals surface area contributed by atoms with Crippen molar-refractivity contribution in [2.75, 3.05) is 0 Å². The van der Waals surface area contributed by atoms with Gasteiger partial charge in [0.25, 0.3) is 0 Å². The van der Waals surface area contributed by atoms with Crippen LogP contribution in [0.2, 0.25) is 0 Å². The molecule has 23 heavy (non-hydrogen) atoms. The van der Waals surface area contributed by atoms with Gasteiger partial charge in [0.1, 0.15) is 0 Å². The van der Waals surface area contributed by atoms with Crippen LogP contribution >= 0.6 is 0 Å². The van der Waals surface area contributed by atoms with Crippen LogP contribution in [0.3, 0.4) is 0 Å². The van der Waals surface area contributed by atoms with Crippen molar-refractivity contribution < 1.29 is 71.2 Å². The average molecular weight is 447 g/mol. The molecule has 0 aliphatic carbocycles. The molecule has 0 unspecified atom stereocenters. The van der Waals surface area contributed by atoms with Crippen molar-refractivity contribution in [2.24, 2.45) is 0 Å². The standard InChI is InChI=1S/2C6F5.Cd/c2*7-2-1-3(8)5(10)6(11)4(2)9;/q2*-1;+2. The van der Waals surface area contributed by atoms with Crippen molar-refractivity contribution in [3.8, 4) is 0 Å². The molecular formula is C12CdF10. The normalized spacial score (nSPS) is 9.83. The molecule has 0 N–H and O–H groups in total. The molecule has 0 aliphatic heterocycles. The van der Waals surface area contributed by atoms with E-state index < -0.39 is 58.2 Å². The van der Waals surface area contributed by atoms with Gasteiger partial charge in [-0.15, -0.1) is 12.1 Å². The van der Waals surface area contributed by atoms with Crippen molar-refractivity contribution >= 4 is 0 Å². The molecule has 0 spiro atoms. The molecule has 120 valence electrons. The maximum absolute atomic E-state index is 12.0. The molecule has 0 atom stereocenters. The fraction of sp³-hybridized carbons (Fsp3) is 0. The Bertz CT molecular complexity index is 602. The van der Waals surface area contributed by atoms with Gasteiger partial charge in [-0.1, -0.05) is 0 Å². The summed E-state index contributed by atoms with van der Waals surface area (Å²) in [5.41, 5.74) is 0. The van der Waals surface area contributed by atoms with Crippen LogP contribution in [0.25, 0.3) is 0 Å². The fourth-order valence-corrected chi connectivity index (χ4v) is 0.990. The molecule has 0 saturated carbocycles. The van der Waals surface area contributed by atoms with Crippen molar-refractivity contribution in [3.63, 3.8) is 0 Å². The van der Waals surface area contributed by atoms with Crippen LogP contribution in [0.1, 0.15) is 0 Å². The van der Waals surface area contributed by atoms with Gasteiger partial charge in [0.05, 0.1) is 58.2 Å². The fourth-order valence-electron chi connectivity index (χ4n) is 0.990. The average Bonchev–Trinajstić information content (AvgIpc) is 2.47.